The highest BCUT2D eigenvalue weighted by Crippen LogP contribution is 2.23. The van der Waals surface area contributed by atoms with Crippen LogP contribution >= 0.6 is 0 Å². The highest BCUT2D eigenvalue weighted by atomic mass is 16.4. The van der Waals surface area contributed by atoms with Crippen molar-refractivity contribution in [3.05, 3.63) is 23.4 Å². The lowest BCUT2D eigenvalue weighted by Crippen LogP contribution is -2.21. The lowest BCUT2D eigenvalue weighted by Gasteiger charge is -2.19. The lowest BCUT2D eigenvalue weighted by atomic mass is 9.91. The highest BCUT2D eigenvalue weighted by Gasteiger charge is 2.20. The van der Waals surface area contributed by atoms with Crippen molar-refractivity contribution in [1.82, 2.24) is 10.3 Å². The zero-order valence-corrected chi connectivity index (χ0v) is 13.1. The molecular formula is C16H25N3O2. The number of aromatic nitrogens is 1. The first-order valence-corrected chi connectivity index (χ1v) is 7.59. The van der Waals surface area contributed by atoms with Crippen molar-refractivity contribution >= 4 is 11.8 Å². The van der Waals surface area contributed by atoms with Crippen molar-refractivity contribution in [2.45, 2.75) is 51.5 Å². The number of carboxylic acids is 1. The first-order valence-electron chi connectivity index (χ1n) is 7.59. The molecule has 116 valence electrons. The van der Waals surface area contributed by atoms with Crippen molar-refractivity contribution in [3.8, 4) is 0 Å². The summed E-state index contributed by atoms with van der Waals surface area (Å²) in [7, 11) is 0. The Kier molecular flexibility index (Phi) is 4.83. The van der Waals surface area contributed by atoms with E-state index in [4.69, 9.17) is 0 Å². The van der Waals surface area contributed by atoms with E-state index < -0.39 is 5.97 Å². The molecule has 1 aromatic rings. The van der Waals surface area contributed by atoms with Crippen LogP contribution in [0.25, 0.3) is 0 Å². The van der Waals surface area contributed by atoms with E-state index in [2.05, 4.69) is 15.6 Å². The zero-order chi connectivity index (χ0) is 15.5. The molecule has 1 fully saturated rings. The summed E-state index contributed by atoms with van der Waals surface area (Å²) in [6.07, 6.45) is 3.59. The van der Waals surface area contributed by atoms with Crippen molar-refractivity contribution < 1.29 is 9.90 Å². The van der Waals surface area contributed by atoms with Crippen LogP contribution in [0.2, 0.25) is 0 Å². The quantitative estimate of drug-likeness (QED) is 0.673. The van der Waals surface area contributed by atoms with Gasteiger partial charge in [0.05, 0.1) is 5.56 Å². The average molecular weight is 291 g/mol. The molecule has 1 aliphatic rings. The maximum absolute atomic E-state index is 11.2. The second-order valence-electron chi connectivity index (χ2n) is 6.69. The molecule has 0 unspecified atom stereocenters. The minimum Gasteiger partial charge on any atom is -0.478 e. The topological polar surface area (TPSA) is 74.2 Å². The van der Waals surface area contributed by atoms with Gasteiger partial charge in [-0.1, -0.05) is 20.8 Å². The van der Waals surface area contributed by atoms with Gasteiger partial charge in [-0.25, -0.2) is 9.78 Å². The van der Waals surface area contributed by atoms with Crippen LogP contribution in [-0.2, 0) is 5.41 Å². The molecule has 1 heterocycles. The van der Waals surface area contributed by atoms with Crippen LogP contribution in [-0.4, -0.2) is 35.2 Å². The van der Waals surface area contributed by atoms with E-state index in [0.717, 1.165) is 31.2 Å². The van der Waals surface area contributed by atoms with Crippen LogP contribution < -0.4 is 10.6 Å². The van der Waals surface area contributed by atoms with Crippen LogP contribution in [0.4, 0.5) is 5.82 Å². The summed E-state index contributed by atoms with van der Waals surface area (Å²) < 4.78 is 0. The lowest BCUT2D eigenvalue weighted by molar-refractivity contribution is 0.0696. The van der Waals surface area contributed by atoms with Gasteiger partial charge in [-0.05, 0) is 37.9 Å². The van der Waals surface area contributed by atoms with Gasteiger partial charge in [-0.15, -0.1) is 0 Å². The fourth-order valence-electron chi connectivity index (χ4n) is 2.03. The molecule has 0 aromatic carbocycles. The molecule has 0 bridgehead atoms. The zero-order valence-electron chi connectivity index (χ0n) is 13.1. The molecule has 0 radical (unpaired) electrons. The maximum atomic E-state index is 11.2. The Hall–Kier alpha value is -1.62. The van der Waals surface area contributed by atoms with Crippen LogP contribution in [0.3, 0.4) is 0 Å². The van der Waals surface area contributed by atoms with Gasteiger partial charge in [0.1, 0.15) is 5.82 Å². The molecule has 3 N–H and O–H groups in total. The summed E-state index contributed by atoms with van der Waals surface area (Å²) in [5.41, 5.74) is 0.907. The van der Waals surface area contributed by atoms with Gasteiger partial charge < -0.3 is 15.7 Å². The predicted molar refractivity (Wildman–Crippen MR) is 84.0 cm³/mol. The normalized spacial score (nSPS) is 15.0. The SMILES string of the molecule is CC(C)(C)c1cc(C(=O)O)cc(NCCCNC2CC2)n1. The number of rotatable bonds is 7. The van der Waals surface area contributed by atoms with Gasteiger partial charge in [0.2, 0.25) is 0 Å². The predicted octanol–water partition coefficient (Wildman–Crippen LogP) is 2.63. The number of anilines is 1. The Morgan fingerprint density at radius 1 is 1.33 bits per heavy atom. The van der Waals surface area contributed by atoms with Gasteiger partial charge in [0, 0.05) is 23.7 Å². The largest absolute Gasteiger partial charge is 0.478 e. The second-order valence-corrected chi connectivity index (χ2v) is 6.69. The summed E-state index contributed by atoms with van der Waals surface area (Å²) in [5.74, 6) is -0.271. The van der Waals surface area contributed by atoms with Crippen LogP contribution in [0, 0.1) is 0 Å². The molecule has 2 rings (SSSR count). The monoisotopic (exact) mass is 291 g/mol. The molecule has 0 atom stereocenters. The van der Waals surface area contributed by atoms with Crippen molar-refractivity contribution in [2.24, 2.45) is 0 Å². The fourth-order valence-corrected chi connectivity index (χ4v) is 2.03. The third-order valence-corrected chi connectivity index (χ3v) is 3.51. The maximum Gasteiger partial charge on any atom is 0.335 e. The minimum atomic E-state index is -0.915. The first kappa shape index (κ1) is 15.8. The molecule has 0 amide bonds. The molecule has 5 heteroatoms. The summed E-state index contributed by atoms with van der Waals surface area (Å²) in [6, 6.07) is 3.99. The number of carbonyl (C=O) groups is 1. The van der Waals surface area contributed by atoms with E-state index in [0.29, 0.717) is 5.82 Å². The van der Waals surface area contributed by atoms with Gasteiger partial charge in [-0.3, -0.25) is 0 Å². The molecule has 1 saturated carbocycles. The Balaban J connectivity index is 1.96. The molecule has 1 aromatic heterocycles. The molecule has 0 saturated heterocycles. The molecule has 0 aliphatic heterocycles. The van der Waals surface area contributed by atoms with Gasteiger partial charge >= 0.3 is 5.97 Å². The summed E-state index contributed by atoms with van der Waals surface area (Å²) in [6.45, 7) is 7.88. The first-order chi connectivity index (χ1) is 9.86. The number of hydrogen-bond acceptors (Lipinski definition) is 4. The Labute approximate surface area is 126 Å². The summed E-state index contributed by atoms with van der Waals surface area (Å²) in [5, 5.41) is 15.9. The van der Waals surface area contributed by atoms with E-state index in [1.165, 1.54) is 12.8 Å². The number of nitrogens with zero attached hydrogens (tertiary/aromatic N) is 1. The molecule has 0 spiro atoms. The van der Waals surface area contributed by atoms with Gasteiger partial charge in [0.25, 0.3) is 0 Å². The van der Waals surface area contributed by atoms with Crippen LogP contribution in [0.15, 0.2) is 12.1 Å². The molecule has 5 nitrogen and oxygen atoms in total. The van der Waals surface area contributed by atoms with Gasteiger partial charge in [-0.2, -0.15) is 0 Å². The molecule has 1 aliphatic carbocycles. The Morgan fingerprint density at radius 2 is 2.05 bits per heavy atom. The van der Waals surface area contributed by atoms with Crippen LogP contribution in [0.5, 0.6) is 0 Å². The van der Waals surface area contributed by atoms with Crippen molar-refractivity contribution in [1.29, 1.82) is 0 Å². The van der Waals surface area contributed by atoms with Crippen molar-refractivity contribution in [2.75, 3.05) is 18.4 Å². The molecular weight excluding hydrogens is 266 g/mol. The average Bonchev–Trinajstić information content (AvgIpc) is 3.21. The Bertz CT molecular complexity index is 505. The standard InChI is InChI=1S/C16H25N3O2/c1-16(2,3)13-9-11(15(20)21)10-14(19-13)18-8-4-7-17-12-5-6-12/h9-10,12,17H,4-8H2,1-3H3,(H,18,19)(H,20,21). The smallest absolute Gasteiger partial charge is 0.335 e. The number of aromatic carboxylic acids is 1. The van der Waals surface area contributed by atoms with Crippen LogP contribution in [0.1, 0.15) is 56.1 Å². The van der Waals surface area contributed by atoms with E-state index in [-0.39, 0.29) is 11.0 Å². The Morgan fingerprint density at radius 3 is 2.62 bits per heavy atom. The molecule has 21 heavy (non-hydrogen) atoms. The fraction of sp³-hybridized carbons (Fsp3) is 0.625. The van der Waals surface area contributed by atoms with E-state index in [1.807, 2.05) is 20.8 Å². The highest BCUT2D eigenvalue weighted by molar-refractivity contribution is 5.88. The third-order valence-electron chi connectivity index (χ3n) is 3.51. The van der Waals surface area contributed by atoms with Crippen molar-refractivity contribution in [3.63, 3.8) is 0 Å². The number of nitrogens with one attached hydrogen (secondary N) is 2. The number of hydrogen-bond donors (Lipinski definition) is 3. The van der Waals surface area contributed by atoms with Gasteiger partial charge in [0.15, 0.2) is 0 Å². The summed E-state index contributed by atoms with van der Waals surface area (Å²) >= 11 is 0. The second kappa shape index (κ2) is 6.43. The number of carboxylic acid groups (broad SMARTS) is 1. The van der Waals surface area contributed by atoms with E-state index >= 15 is 0 Å². The minimum absolute atomic E-state index is 0.171. The van der Waals surface area contributed by atoms with E-state index in [1.54, 1.807) is 12.1 Å². The third kappa shape index (κ3) is 5.01. The number of pyridine rings is 1. The summed E-state index contributed by atoms with van der Waals surface area (Å²) in [4.78, 5) is 15.8. The van der Waals surface area contributed by atoms with E-state index in [9.17, 15) is 9.90 Å².